The van der Waals surface area contributed by atoms with E-state index in [2.05, 4.69) is 22.2 Å². The molecule has 0 aromatic heterocycles. The summed E-state index contributed by atoms with van der Waals surface area (Å²) in [4.78, 5) is 0. The van der Waals surface area contributed by atoms with E-state index in [1.807, 2.05) is 0 Å². The first-order valence-electron chi connectivity index (χ1n) is 13.2. The SMILES string of the molecule is CCCCCCCCCCCCOS(=O)(=O)[O-].CCCCCCCCCCCCOS(=O)[O-].[Na+]. The summed E-state index contributed by atoms with van der Waals surface area (Å²) in [5.74, 6) is 0. The van der Waals surface area contributed by atoms with E-state index in [0.29, 0.717) is 13.0 Å². The van der Waals surface area contributed by atoms with Crippen LogP contribution in [0.15, 0.2) is 0 Å². The predicted molar refractivity (Wildman–Crippen MR) is 134 cm³/mol. The average Bonchev–Trinajstić information content (AvgIpc) is 2.75. The van der Waals surface area contributed by atoms with Gasteiger partial charge in [-0.15, -0.1) is 0 Å². The Balaban J connectivity index is -0.000000550. The predicted octanol–water partition coefficient (Wildman–Crippen LogP) is 4.11. The van der Waals surface area contributed by atoms with Gasteiger partial charge in [0.15, 0.2) is 0 Å². The molecule has 0 heterocycles. The van der Waals surface area contributed by atoms with Crippen LogP contribution in [0.4, 0.5) is 0 Å². The molecule has 0 aliphatic carbocycles. The molecule has 0 saturated heterocycles. The number of rotatable bonds is 24. The zero-order valence-electron chi connectivity index (χ0n) is 22.2. The van der Waals surface area contributed by atoms with Gasteiger partial charge >= 0.3 is 29.6 Å². The molecule has 0 saturated carbocycles. The van der Waals surface area contributed by atoms with E-state index in [4.69, 9.17) is 0 Å². The van der Waals surface area contributed by atoms with Gasteiger partial charge in [-0.2, -0.15) is 0 Å². The molecule has 0 aromatic carbocycles. The standard InChI is InChI=1S/C12H26O4S.C12H26O3S.Na/c1-2-3-4-5-6-7-8-9-10-11-12-16-17(13,14)15;1-2-3-4-5-6-7-8-9-10-11-12-15-16(13)14;/h2-12H2,1H3,(H,13,14,15);2-12H2,1H3,(H,13,14);/q;;+1/p-2. The third-order valence-electron chi connectivity index (χ3n) is 5.40. The van der Waals surface area contributed by atoms with Gasteiger partial charge in [0.25, 0.3) is 0 Å². The Kier molecular flexibility index (Phi) is 37.1. The monoisotopic (exact) mass is 537 g/mol. The van der Waals surface area contributed by atoms with Crippen LogP contribution in [0, 0.1) is 0 Å². The van der Waals surface area contributed by atoms with Gasteiger partial charge in [-0.05, 0) is 12.8 Å². The molecule has 0 aromatic rings. The van der Waals surface area contributed by atoms with Gasteiger partial charge in [-0.25, -0.2) is 12.6 Å². The first-order valence-corrected chi connectivity index (χ1v) is 15.5. The van der Waals surface area contributed by atoms with Crippen molar-refractivity contribution in [3.63, 3.8) is 0 Å². The molecule has 0 radical (unpaired) electrons. The molecule has 0 bridgehead atoms. The van der Waals surface area contributed by atoms with Crippen LogP contribution in [-0.2, 0) is 30.1 Å². The van der Waals surface area contributed by atoms with E-state index in [0.717, 1.165) is 25.7 Å². The maximum atomic E-state index is 10.1. The van der Waals surface area contributed by atoms with Crippen LogP contribution in [-0.4, -0.2) is 34.9 Å². The summed E-state index contributed by atoms with van der Waals surface area (Å²) in [6.07, 6.45) is 24.2. The molecule has 0 fully saturated rings. The second kappa shape index (κ2) is 32.0. The number of unbranched alkanes of at least 4 members (excludes halogenated alkanes) is 18. The summed E-state index contributed by atoms with van der Waals surface area (Å²) in [7, 11) is -4.48. The topological polar surface area (TPSA) is 116 Å². The quantitative estimate of drug-likeness (QED) is 0.0598. The zero-order chi connectivity index (χ0) is 25.0. The molecule has 1 unspecified atom stereocenters. The summed E-state index contributed by atoms with van der Waals surface area (Å²) in [5.41, 5.74) is 0. The third-order valence-corrected chi connectivity index (χ3v) is 6.22. The minimum absolute atomic E-state index is 0. The molecule has 34 heavy (non-hydrogen) atoms. The van der Waals surface area contributed by atoms with Gasteiger partial charge in [-0.3, -0.25) is 4.18 Å². The van der Waals surface area contributed by atoms with Crippen LogP contribution in [0.2, 0.25) is 0 Å². The molecule has 0 aliphatic heterocycles. The van der Waals surface area contributed by atoms with Gasteiger partial charge in [0.05, 0.1) is 24.6 Å². The Morgan fingerprint density at radius 2 is 0.882 bits per heavy atom. The summed E-state index contributed by atoms with van der Waals surface area (Å²) in [6, 6.07) is 0. The fourth-order valence-electron chi connectivity index (χ4n) is 3.47. The van der Waals surface area contributed by atoms with Crippen molar-refractivity contribution in [3.8, 4) is 0 Å². The van der Waals surface area contributed by atoms with Crippen LogP contribution in [0.3, 0.4) is 0 Å². The molecule has 202 valence electrons. The molecular weight excluding hydrogens is 487 g/mol. The van der Waals surface area contributed by atoms with Crippen molar-refractivity contribution in [2.45, 2.75) is 142 Å². The maximum Gasteiger partial charge on any atom is 1.00 e. The number of hydrogen-bond acceptors (Lipinski definition) is 7. The Morgan fingerprint density at radius 1 is 0.588 bits per heavy atom. The number of hydrogen-bond donors (Lipinski definition) is 0. The van der Waals surface area contributed by atoms with Gasteiger partial charge in [0.1, 0.15) is 0 Å². The van der Waals surface area contributed by atoms with Crippen molar-refractivity contribution in [3.05, 3.63) is 0 Å². The van der Waals surface area contributed by atoms with Gasteiger partial charge in [0.2, 0.25) is 10.4 Å². The summed E-state index contributed by atoms with van der Waals surface area (Å²) < 4.78 is 59.0. The summed E-state index contributed by atoms with van der Waals surface area (Å²) in [6.45, 7) is 4.82. The molecule has 0 spiro atoms. The first kappa shape index (κ1) is 39.5. The van der Waals surface area contributed by atoms with Crippen molar-refractivity contribution in [2.75, 3.05) is 13.2 Å². The van der Waals surface area contributed by atoms with E-state index in [9.17, 15) is 21.7 Å². The second-order valence-corrected chi connectivity index (χ2v) is 10.3. The smallest absolute Gasteiger partial charge is 0.750 e. The molecule has 0 amide bonds. The molecule has 0 N–H and O–H groups in total. The van der Waals surface area contributed by atoms with E-state index < -0.39 is 21.8 Å². The molecule has 10 heteroatoms. The van der Waals surface area contributed by atoms with Crippen molar-refractivity contribution in [1.29, 1.82) is 0 Å². The van der Waals surface area contributed by atoms with Gasteiger partial charge in [0, 0.05) is 0 Å². The molecule has 0 rings (SSSR count). The maximum absolute atomic E-state index is 10.1. The Labute approximate surface area is 235 Å². The normalized spacial score (nSPS) is 12.0. The Hall–Kier alpha value is 0.940. The average molecular weight is 538 g/mol. The van der Waals surface area contributed by atoms with Crippen molar-refractivity contribution in [1.82, 2.24) is 0 Å². The van der Waals surface area contributed by atoms with Crippen LogP contribution >= 0.6 is 0 Å². The van der Waals surface area contributed by atoms with Crippen LogP contribution < -0.4 is 29.6 Å². The molecular formula is C24H50NaO7S2-. The van der Waals surface area contributed by atoms with E-state index in [-0.39, 0.29) is 36.2 Å². The van der Waals surface area contributed by atoms with Crippen LogP contribution in [0.5, 0.6) is 0 Å². The fourth-order valence-corrected chi connectivity index (χ4v) is 4.04. The second-order valence-electron chi connectivity index (χ2n) is 8.62. The summed E-state index contributed by atoms with van der Waals surface area (Å²) >= 11 is -2.33. The summed E-state index contributed by atoms with van der Waals surface area (Å²) in [5, 5.41) is 0. The van der Waals surface area contributed by atoms with Crippen molar-refractivity contribution >= 4 is 21.8 Å². The minimum atomic E-state index is -4.48. The minimum Gasteiger partial charge on any atom is -0.750 e. The van der Waals surface area contributed by atoms with E-state index in [1.165, 1.54) is 96.3 Å². The largest absolute Gasteiger partial charge is 1.00 e. The first-order chi connectivity index (χ1) is 15.8. The zero-order valence-corrected chi connectivity index (χ0v) is 25.9. The van der Waals surface area contributed by atoms with Crippen LogP contribution in [0.1, 0.15) is 142 Å². The fraction of sp³-hybridized carbons (Fsp3) is 1.00. The van der Waals surface area contributed by atoms with Gasteiger partial charge < -0.3 is 13.3 Å². The third kappa shape index (κ3) is 43.0. The van der Waals surface area contributed by atoms with Crippen molar-refractivity contribution < 1.29 is 59.7 Å². The van der Waals surface area contributed by atoms with E-state index >= 15 is 0 Å². The Bertz CT molecular complexity index is 506. The Morgan fingerprint density at radius 3 is 1.18 bits per heavy atom. The van der Waals surface area contributed by atoms with Crippen molar-refractivity contribution in [2.24, 2.45) is 0 Å². The molecule has 1 atom stereocenters. The molecule has 7 nitrogen and oxygen atoms in total. The molecule has 0 aliphatic rings. The van der Waals surface area contributed by atoms with E-state index in [1.54, 1.807) is 0 Å². The van der Waals surface area contributed by atoms with Crippen LogP contribution in [0.25, 0.3) is 0 Å². The van der Waals surface area contributed by atoms with Gasteiger partial charge in [-0.1, -0.05) is 129 Å².